The topological polar surface area (TPSA) is 64.1 Å². The molecule has 0 aliphatic rings. The van der Waals surface area contributed by atoms with Gasteiger partial charge in [0.1, 0.15) is 21.3 Å². The monoisotopic (exact) mass is 375 g/mol. The van der Waals surface area contributed by atoms with Gasteiger partial charge in [-0.2, -0.15) is 0 Å². The highest BCUT2D eigenvalue weighted by Crippen LogP contribution is 2.36. The number of carbonyl (C=O) groups excluding carboxylic acids is 1. The van der Waals surface area contributed by atoms with Crippen LogP contribution in [0.3, 0.4) is 0 Å². The van der Waals surface area contributed by atoms with Crippen molar-refractivity contribution in [1.82, 2.24) is 9.97 Å². The van der Waals surface area contributed by atoms with E-state index in [2.05, 4.69) is 15.3 Å². The van der Waals surface area contributed by atoms with Gasteiger partial charge in [0.2, 0.25) is 0 Å². The molecule has 0 amide bonds. The van der Waals surface area contributed by atoms with E-state index in [0.717, 1.165) is 27.0 Å². The number of carbonyl (C=O) groups is 1. The van der Waals surface area contributed by atoms with Crippen molar-refractivity contribution >= 4 is 50.6 Å². The lowest BCUT2D eigenvalue weighted by Gasteiger charge is -2.11. The lowest BCUT2D eigenvalue weighted by atomic mass is 10.1. The van der Waals surface area contributed by atoms with E-state index < -0.39 is 0 Å². The number of ether oxygens (including phenoxy) is 1. The second kappa shape index (κ2) is 6.98. The van der Waals surface area contributed by atoms with Crippen molar-refractivity contribution in [3.05, 3.63) is 45.1 Å². The van der Waals surface area contributed by atoms with Crippen LogP contribution in [-0.4, -0.2) is 22.5 Å². The summed E-state index contributed by atoms with van der Waals surface area (Å²) in [5.74, 6) is 0.967. The maximum Gasteiger partial charge on any atom is 0.348 e. The van der Waals surface area contributed by atoms with Crippen molar-refractivity contribution < 1.29 is 9.53 Å². The number of fused-ring (bicyclic) bond motifs is 1. The van der Waals surface area contributed by atoms with Crippen LogP contribution in [0, 0.1) is 20.8 Å². The summed E-state index contributed by atoms with van der Waals surface area (Å²) < 4.78 is 5.15. The Balaban J connectivity index is 2.14. The fraction of sp³-hybridized carbons (Fsp3) is 0.278. The van der Waals surface area contributed by atoms with Gasteiger partial charge in [0.05, 0.1) is 12.0 Å². The minimum absolute atomic E-state index is 0.328. The predicted molar refractivity (Wildman–Crippen MR) is 102 cm³/mol. The molecule has 7 heteroatoms. The van der Waals surface area contributed by atoms with Crippen LogP contribution in [0.4, 0.5) is 11.5 Å². The number of nitrogens with one attached hydrogen (secondary N) is 1. The molecule has 0 fully saturated rings. The van der Waals surface area contributed by atoms with Crippen LogP contribution in [0.5, 0.6) is 0 Å². The van der Waals surface area contributed by atoms with Crippen molar-refractivity contribution in [1.29, 1.82) is 0 Å². The van der Waals surface area contributed by atoms with Crippen LogP contribution < -0.4 is 5.32 Å². The van der Waals surface area contributed by atoms with Crippen LogP contribution >= 0.6 is 22.9 Å². The van der Waals surface area contributed by atoms with Crippen molar-refractivity contribution in [3.63, 3.8) is 0 Å². The molecule has 3 aromatic rings. The first-order valence-electron chi connectivity index (χ1n) is 7.88. The molecule has 5 nitrogen and oxygen atoms in total. The molecule has 1 N–H and O–H groups in total. The Morgan fingerprint density at radius 1 is 1.28 bits per heavy atom. The number of aryl methyl sites for hydroxylation is 3. The summed E-state index contributed by atoms with van der Waals surface area (Å²) in [7, 11) is 0. The molecular weight excluding hydrogens is 358 g/mol. The van der Waals surface area contributed by atoms with Crippen LogP contribution in [0.25, 0.3) is 10.2 Å². The number of aromatic nitrogens is 2. The first kappa shape index (κ1) is 17.6. The van der Waals surface area contributed by atoms with E-state index in [9.17, 15) is 4.79 Å². The Hall–Kier alpha value is -2.18. The van der Waals surface area contributed by atoms with Crippen molar-refractivity contribution in [2.75, 3.05) is 11.9 Å². The minimum atomic E-state index is -0.328. The fourth-order valence-electron chi connectivity index (χ4n) is 2.58. The Labute approximate surface area is 155 Å². The maximum absolute atomic E-state index is 12.2. The molecule has 0 atom stereocenters. The number of anilines is 2. The highest BCUT2D eigenvalue weighted by Gasteiger charge is 2.21. The number of thiophene rings is 1. The van der Waals surface area contributed by atoms with E-state index in [1.807, 2.05) is 39.0 Å². The third-order valence-corrected chi connectivity index (χ3v) is 5.22. The minimum Gasteiger partial charge on any atom is -0.462 e. The van der Waals surface area contributed by atoms with Gasteiger partial charge in [-0.3, -0.25) is 0 Å². The standard InChI is InChI=1S/C18H18ClN3O2S/c1-5-24-18(23)15-10(3)14-16(20-11(4)21-17(14)25-15)22-13-8-12(19)7-6-9(13)2/h6-8H,5H2,1-4H3,(H,20,21,22). The van der Waals surface area contributed by atoms with Gasteiger partial charge in [-0.1, -0.05) is 17.7 Å². The number of rotatable bonds is 4. The Morgan fingerprint density at radius 3 is 2.76 bits per heavy atom. The molecule has 0 aliphatic carbocycles. The third-order valence-electron chi connectivity index (χ3n) is 3.82. The molecule has 0 radical (unpaired) electrons. The number of halogens is 1. The van der Waals surface area contributed by atoms with E-state index in [0.29, 0.717) is 28.1 Å². The van der Waals surface area contributed by atoms with E-state index in [1.165, 1.54) is 11.3 Å². The zero-order valence-electron chi connectivity index (χ0n) is 14.4. The van der Waals surface area contributed by atoms with E-state index in [1.54, 1.807) is 6.92 Å². The van der Waals surface area contributed by atoms with E-state index >= 15 is 0 Å². The Morgan fingerprint density at radius 2 is 2.04 bits per heavy atom. The smallest absolute Gasteiger partial charge is 0.348 e. The molecule has 0 saturated heterocycles. The predicted octanol–water partition coefficient (Wildman–Crippen LogP) is 5.19. The molecule has 2 heterocycles. The first-order chi connectivity index (χ1) is 11.9. The lowest BCUT2D eigenvalue weighted by Crippen LogP contribution is -2.04. The summed E-state index contributed by atoms with van der Waals surface area (Å²) in [6, 6.07) is 5.64. The zero-order chi connectivity index (χ0) is 18.1. The summed E-state index contributed by atoms with van der Waals surface area (Å²) in [5, 5.41) is 4.82. The summed E-state index contributed by atoms with van der Waals surface area (Å²) in [6.07, 6.45) is 0. The average molecular weight is 376 g/mol. The molecule has 2 aromatic heterocycles. The highest BCUT2D eigenvalue weighted by atomic mass is 35.5. The second-order valence-electron chi connectivity index (χ2n) is 5.66. The van der Waals surface area contributed by atoms with Gasteiger partial charge in [-0.15, -0.1) is 11.3 Å². The quantitative estimate of drug-likeness (QED) is 0.635. The van der Waals surface area contributed by atoms with Crippen LogP contribution in [0.1, 0.15) is 33.5 Å². The molecular formula is C18H18ClN3O2S. The van der Waals surface area contributed by atoms with Gasteiger partial charge < -0.3 is 10.1 Å². The molecule has 0 bridgehead atoms. The largest absolute Gasteiger partial charge is 0.462 e. The zero-order valence-corrected chi connectivity index (χ0v) is 16.0. The average Bonchev–Trinajstić information content (AvgIpc) is 2.88. The normalized spacial score (nSPS) is 10.9. The maximum atomic E-state index is 12.2. The molecule has 25 heavy (non-hydrogen) atoms. The number of hydrogen-bond donors (Lipinski definition) is 1. The van der Waals surface area contributed by atoms with E-state index in [4.69, 9.17) is 16.3 Å². The number of nitrogens with zero attached hydrogens (tertiary/aromatic N) is 2. The molecule has 3 rings (SSSR count). The first-order valence-corrected chi connectivity index (χ1v) is 9.08. The number of benzene rings is 1. The van der Waals surface area contributed by atoms with Crippen LogP contribution in [0.15, 0.2) is 18.2 Å². The number of esters is 1. The van der Waals surface area contributed by atoms with Gasteiger partial charge in [0.15, 0.2) is 0 Å². The van der Waals surface area contributed by atoms with Crippen LogP contribution in [0.2, 0.25) is 5.02 Å². The van der Waals surface area contributed by atoms with Gasteiger partial charge in [0, 0.05) is 10.7 Å². The molecule has 0 spiro atoms. The van der Waals surface area contributed by atoms with Crippen molar-refractivity contribution in [3.8, 4) is 0 Å². The summed E-state index contributed by atoms with van der Waals surface area (Å²) >= 11 is 7.44. The molecule has 0 aliphatic heterocycles. The van der Waals surface area contributed by atoms with Crippen LogP contribution in [-0.2, 0) is 4.74 Å². The molecule has 130 valence electrons. The summed E-state index contributed by atoms with van der Waals surface area (Å²) in [4.78, 5) is 22.5. The second-order valence-corrected chi connectivity index (χ2v) is 7.10. The third kappa shape index (κ3) is 3.45. The Kier molecular flexibility index (Phi) is 4.92. The van der Waals surface area contributed by atoms with Gasteiger partial charge in [-0.25, -0.2) is 14.8 Å². The molecule has 0 unspecified atom stereocenters. The van der Waals surface area contributed by atoms with E-state index in [-0.39, 0.29) is 5.97 Å². The summed E-state index contributed by atoms with van der Waals surface area (Å²) in [5.41, 5.74) is 2.74. The fourth-order valence-corrected chi connectivity index (χ4v) is 3.88. The Bertz CT molecular complexity index is 969. The number of hydrogen-bond acceptors (Lipinski definition) is 6. The SMILES string of the molecule is CCOC(=O)c1sc2nc(C)nc(Nc3cc(Cl)ccc3C)c2c1C. The van der Waals surface area contributed by atoms with Gasteiger partial charge in [-0.05, 0) is 51.0 Å². The van der Waals surface area contributed by atoms with Crippen molar-refractivity contribution in [2.24, 2.45) is 0 Å². The molecule has 0 saturated carbocycles. The van der Waals surface area contributed by atoms with Gasteiger partial charge in [0.25, 0.3) is 0 Å². The summed E-state index contributed by atoms with van der Waals surface area (Å²) in [6.45, 7) is 7.84. The van der Waals surface area contributed by atoms with Crippen molar-refractivity contribution in [2.45, 2.75) is 27.7 Å². The molecule has 1 aromatic carbocycles. The van der Waals surface area contributed by atoms with Gasteiger partial charge >= 0.3 is 5.97 Å². The lowest BCUT2D eigenvalue weighted by molar-refractivity contribution is 0.0531. The highest BCUT2D eigenvalue weighted by molar-refractivity contribution is 7.20.